The zero-order chi connectivity index (χ0) is 18.4. The molecule has 1 saturated heterocycles. The van der Waals surface area contributed by atoms with E-state index >= 15 is 0 Å². The summed E-state index contributed by atoms with van der Waals surface area (Å²) < 4.78 is 26.9. The third kappa shape index (κ3) is 4.68. The molecule has 1 aromatic heterocycles. The van der Waals surface area contributed by atoms with Crippen molar-refractivity contribution in [1.29, 1.82) is 0 Å². The fourth-order valence-corrected chi connectivity index (χ4v) is 4.59. The van der Waals surface area contributed by atoms with Crippen molar-refractivity contribution >= 4 is 15.9 Å². The van der Waals surface area contributed by atoms with E-state index in [9.17, 15) is 13.2 Å². The van der Waals surface area contributed by atoms with Gasteiger partial charge in [0.05, 0.1) is 11.3 Å². The minimum atomic E-state index is -3.34. The van der Waals surface area contributed by atoms with Crippen LogP contribution in [0.15, 0.2) is 54.9 Å². The van der Waals surface area contributed by atoms with Crippen molar-refractivity contribution in [2.24, 2.45) is 0 Å². The van der Waals surface area contributed by atoms with E-state index in [0.717, 1.165) is 5.56 Å². The van der Waals surface area contributed by atoms with Crippen LogP contribution in [0.2, 0.25) is 0 Å². The Kier molecular flexibility index (Phi) is 6.00. The molecule has 1 aromatic carbocycles. The summed E-state index contributed by atoms with van der Waals surface area (Å²) in [7, 11) is -3.34. The number of hydrogen-bond acceptors (Lipinski definition) is 4. The Labute approximate surface area is 154 Å². The molecule has 0 saturated carbocycles. The van der Waals surface area contributed by atoms with Gasteiger partial charge in [-0.2, -0.15) is 0 Å². The normalized spacial score (nSPS) is 16.2. The maximum Gasteiger partial charge on any atom is 0.255 e. The minimum Gasteiger partial charge on any atom is -0.337 e. The highest BCUT2D eigenvalue weighted by atomic mass is 32.2. The summed E-state index contributed by atoms with van der Waals surface area (Å²) in [5, 5.41) is 0. The molecule has 7 heteroatoms. The van der Waals surface area contributed by atoms with E-state index in [2.05, 4.69) is 4.98 Å². The van der Waals surface area contributed by atoms with Crippen molar-refractivity contribution in [3.63, 3.8) is 0 Å². The van der Waals surface area contributed by atoms with Gasteiger partial charge in [-0.3, -0.25) is 9.78 Å². The molecule has 1 fully saturated rings. The molecule has 0 spiro atoms. The molecule has 0 radical (unpaired) electrons. The van der Waals surface area contributed by atoms with Crippen molar-refractivity contribution in [1.82, 2.24) is 14.2 Å². The number of benzene rings is 1. The van der Waals surface area contributed by atoms with Crippen LogP contribution in [0.1, 0.15) is 22.3 Å². The Morgan fingerprint density at radius 3 is 2.54 bits per heavy atom. The van der Waals surface area contributed by atoms with Gasteiger partial charge in [0.15, 0.2) is 0 Å². The Morgan fingerprint density at radius 1 is 1.00 bits per heavy atom. The lowest BCUT2D eigenvalue weighted by molar-refractivity contribution is 0.0764. The fraction of sp³-hybridized carbons (Fsp3) is 0.368. The smallest absolute Gasteiger partial charge is 0.255 e. The summed E-state index contributed by atoms with van der Waals surface area (Å²) in [4.78, 5) is 18.2. The molecule has 2 aromatic rings. The standard InChI is InChI=1S/C19H23N3O3S/c23-19(18-8-4-10-20-16-18)21-11-5-12-22(14-13-21)26(24,25)15-9-17-6-2-1-3-7-17/h1-4,6-8,10,16H,5,9,11-15H2. The maximum atomic E-state index is 12.7. The van der Waals surface area contributed by atoms with Crippen molar-refractivity contribution in [3.05, 3.63) is 66.0 Å². The third-order valence-corrected chi connectivity index (χ3v) is 6.41. The lowest BCUT2D eigenvalue weighted by atomic mass is 10.2. The van der Waals surface area contributed by atoms with Crippen LogP contribution in [0.3, 0.4) is 0 Å². The molecular weight excluding hydrogens is 350 g/mol. The zero-order valence-corrected chi connectivity index (χ0v) is 15.4. The number of aromatic nitrogens is 1. The summed E-state index contributed by atoms with van der Waals surface area (Å²) in [6.45, 7) is 1.74. The second-order valence-electron chi connectivity index (χ2n) is 6.34. The predicted octanol–water partition coefficient (Wildman–Crippen LogP) is 1.80. The molecule has 0 bridgehead atoms. The topological polar surface area (TPSA) is 70.6 Å². The first kappa shape index (κ1) is 18.5. The number of aryl methyl sites for hydroxylation is 1. The van der Waals surface area contributed by atoms with Gasteiger partial charge in [-0.1, -0.05) is 30.3 Å². The maximum absolute atomic E-state index is 12.7. The Morgan fingerprint density at radius 2 is 1.81 bits per heavy atom. The summed E-state index contributed by atoms with van der Waals surface area (Å²) in [5.74, 6) is -0.00487. The molecule has 6 nitrogen and oxygen atoms in total. The quantitative estimate of drug-likeness (QED) is 0.801. The molecule has 0 N–H and O–H groups in total. The minimum absolute atomic E-state index is 0.0908. The van der Waals surface area contributed by atoms with Crippen LogP contribution in [-0.2, 0) is 16.4 Å². The van der Waals surface area contributed by atoms with Gasteiger partial charge in [-0.05, 0) is 30.5 Å². The van der Waals surface area contributed by atoms with Gasteiger partial charge in [0.2, 0.25) is 10.0 Å². The first-order chi connectivity index (χ1) is 12.6. The Balaban J connectivity index is 1.60. The number of pyridine rings is 1. The van der Waals surface area contributed by atoms with E-state index in [1.807, 2.05) is 30.3 Å². The number of nitrogens with zero attached hydrogens (tertiary/aromatic N) is 3. The number of sulfonamides is 1. The molecule has 1 aliphatic heterocycles. The fourth-order valence-electron chi connectivity index (χ4n) is 3.07. The summed E-state index contributed by atoms with van der Waals surface area (Å²) in [6.07, 6.45) is 4.30. The second kappa shape index (κ2) is 8.42. The molecule has 0 unspecified atom stereocenters. The average Bonchev–Trinajstić information content (AvgIpc) is 2.94. The van der Waals surface area contributed by atoms with Gasteiger partial charge in [-0.25, -0.2) is 12.7 Å². The van der Waals surface area contributed by atoms with E-state index in [1.165, 1.54) is 4.31 Å². The highest BCUT2D eigenvalue weighted by molar-refractivity contribution is 7.89. The van der Waals surface area contributed by atoms with Gasteiger partial charge < -0.3 is 4.90 Å². The summed E-state index contributed by atoms with van der Waals surface area (Å²) >= 11 is 0. The molecule has 2 heterocycles. The lowest BCUT2D eigenvalue weighted by Crippen LogP contribution is -2.38. The van der Waals surface area contributed by atoms with Crippen LogP contribution in [0.4, 0.5) is 0 Å². The van der Waals surface area contributed by atoms with Gasteiger partial charge >= 0.3 is 0 Å². The average molecular weight is 373 g/mol. The van der Waals surface area contributed by atoms with Crippen LogP contribution in [-0.4, -0.2) is 60.4 Å². The number of amides is 1. The van der Waals surface area contributed by atoms with Gasteiger partial charge in [-0.15, -0.1) is 0 Å². The van der Waals surface area contributed by atoms with E-state index in [4.69, 9.17) is 0 Å². The van der Waals surface area contributed by atoms with Crippen molar-refractivity contribution in [2.45, 2.75) is 12.8 Å². The molecule has 1 aliphatic rings. The van der Waals surface area contributed by atoms with E-state index < -0.39 is 10.0 Å². The van der Waals surface area contributed by atoms with Crippen LogP contribution >= 0.6 is 0 Å². The number of hydrogen-bond donors (Lipinski definition) is 0. The monoisotopic (exact) mass is 373 g/mol. The van der Waals surface area contributed by atoms with Gasteiger partial charge in [0.25, 0.3) is 5.91 Å². The number of carbonyl (C=O) groups excluding carboxylic acids is 1. The summed E-state index contributed by atoms with van der Waals surface area (Å²) in [6, 6.07) is 13.1. The number of carbonyl (C=O) groups is 1. The van der Waals surface area contributed by atoms with Crippen molar-refractivity contribution in [2.75, 3.05) is 31.9 Å². The Bertz CT molecular complexity index is 826. The van der Waals surface area contributed by atoms with E-state index in [0.29, 0.717) is 44.6 Å². The first-order valence-electron chi connectivity index (χ1n) is 8.77. The molecular formula is C19H23N3O3S. The SMILES string of the molecule is O=C(c1cccnc1)N1CCCN(S(=O)(=O)CCc2ccccc2)CC1. The van der Waals surface area contributed by atoms with Gasteiger partial charge in [0.1, 0.15) is 0 Å². The molecule has 138 valence electrons. The lowest BCUT2D eigenvalue weighted by Gasteiger charge is -2.22. The van der Waals surface area contributed by atoms with Crippen molar-refractivity contribution in [3.8, 4) is 0 Å². The molecule has 0 atom stereocenters. The predicted molar refractivity (Wildman–Crippen MR) is 100 cm³/mol. The number of rotatable bonds is 5. The zero-order valence-electron chi connectivity index (χ0n) is 14.6. The first-order valence-corrected chi connectivity index (χ1v) is 10.4. The van der Waals surface area contributed by atoms with Crippen LogP contribution in [0.5, 0.6) is 0 Å². The molecule has 1 amide bonds. The highest BCUT2D eigenvalue weighted by Crippen LogP contribution is 2.13. The van der Waals surface area contributed by atoms with E-state index in [1.54, 1.807) is 29.4 Å². The summed E-state index contributed by atoms with van der Waals surface area (Å²) in [5.41, 5.74) is 1.55. The Hall–Kier alpha value is -2.25. The second-order valence-corrected chi connectivity index (χ2v) is 8.43. The largest absolute Gasteiger partial charge is 0.337 e. The van der Waals surface area contributed by atoms with Gasteiger partial charge in [0, 0.05) is 38.6 Å². The molecule has 26 heavy (non-hydrogen) atoms. The van der Waals surface area contributed by atoms with Crippen LogP contribution < -0.4 is 0 Å². The highest BCUT2D eigenvalue weighted by Gasteiger charge is 2.27. The third-order valence-electron chi connectivity index (χ3n) is 4.54. The van der Waals surface area contributed by atoms with E-state index in [-0.39, 0.29) is 11.7 Å². The van der Waals surface area contributed by atoms with Crippen LogP contribution in [0, 0.1) is 0 Å². The molecule has 3 rings (SSSR count). The van der Waals surface area contributed by atoms with Crippen molar-refractivity contribution < 1.29 is 13.2 Å². The van der Waals surface area contributed by atoms with Crippen LogP contribution in [0.25, 0.3) is 0 Å². The molecule has 0 aliphatic carbocycles.